The largest absolute Gasteiger partial charge is 0.499 e. The van der Waals surface area contributed by atoms with Crippen LogP contribution in [0.2, 0.25) is 0 Å². The predicted octanol–water partition coefficient (Wildman–Crippen LogP) is 4.21. The van der Waals surface area contributed by atoms with Crippen LogP contribution in [0.15, 0.2) is 30.5 Å². The van der Waals surface area contributed by atoms with Gasteiger partial charge in [0, 0.05) is 38.6 Å². The SMILES string of the molecule is CCCCCC1(CCCCC)O[C@@H]2[C@H](O1)[C@H]1ON(Cc3ccccc3C=COCCO)[C@@H]3C(=O)O[C@@H]2C[C@]13C(=O)NCCC(=O)N[C@H](CO)CCC(=O)OC(C)(C)C. The van der Waals surface area contributed by atoms with Crippen molar-refractivity contribution in [3.8, 4) is 0 Å². The van der Waals surface area contributed by atoms with Gasteiger partial charge in [-0.2, -0.15) is 5.06 Å². The highest BCUT2D eigenvalue weighted by Crippen LogP contribution is 2.58. The molecule has 1 aromatic carbocycles. The number of carbonyl (C=O) groups is 4. The highest BCUT2D eigenvalue weighted by atomic mass is 16.8. The van der Waals surface area contributed by atoms with E-state index in [1.807, 2.05) is 24.3 Å². The molecule has 3 heterocycles. The highest BCUT2D eigenvalue weighted by molar-refractivity contribution is 5.94. The summed E-state index contributed by atoms with van der Waals surface area (Å²) in [4.78, 5) is 60.9. The summed E-state index contributed by atoms with van der Waals surface area (Å²) in [5.74, 6) is -2.82. The predicted molar refractivity (Wildman–Crippen MR) is 212 cm³/mol. The van der Waals surface area contributed by atoms with E-state index in [2.05, 4.69) is 24.5 Å². The molecule has 0 radical (unpaired) electrons. The summed E-state index contributed by atoms with van der Waals surface area (Å²) in [6, 6.07) is 5.73. The van der Waals surface area contributed by atoms with Gasteiger partial charge in [0.05, 0.1) is 32.1 Å². The molecule has 7 atom stereocenters. The molecule has 0 unspecified atom stereocenters. The Morgan fingerprint density at radius 3 is 2.40 bits per heavy atom. The number of amides is 2. The lowest BCUT2D eigenvalue weighted by molar-refractivity contribution is -0.224. The molecule has 15 nitrogen and oxygen atoms in total. The summed E-state index contributed by atoms with van der Waals surface area (Å²) in [7, 11) is 0. The van der Waals surface area contributed by atoms with Crippen molar-refractivity contribution >= 4 is 29.8 Å². The van der Waals surface area contributed by atoms with E-state index >= 15 is 0 Å². The second-order valence-electron chi connectivity index (χ2n) is 16.9. The number of hydrogen-bond acceptors (Lipinski definition) is 13. The number of aliphatic hydroxyl groups excluding tert-OH is 2. The van der Waals surface area contributed by atoms with Crippen LogP contribution in [-0.2, 0) is 54.2 Å². The minimum absolute atomic E-state index is 0.0171. The van der Waals surface area contributed by atoms with E-state index in [0.717, 1.165) is 49.7 Å². The molecule has 1 aliphatic carbocycles. The topological polar surface area (TPSA) is 191 Å². The number of benzene rings is 1. The van der Waals surface area contributed by atoms with Gasteiger partial charge in [-0.3, -0.25) is 24.0 Å². The minimum atomic E-state index is -1.43. The molecule has 0 spiro atoms. The Hall–Kier alpha value is -3.60. The zero-order valence-corrected chi connectivity index (χ0v) is 34.9. The van der Waals surface area contributed by atoms with Crippen molar-refractivity contribution in [3.63, 3.8) is 0 Å². The number of rotatable bonds is 23. The maximum Gasteiger partial charge on any atom is 0.327 e. The van der Waals surface area contributed by atoms with E-state index in [-0.39, 0.29) is 58.6 Å². The molecule has 4 aliphatic rings. The first-order valence-electron chi connectivity index (χ1n) is 21.2. The Balaban J connectivity index is 1.37. The number of fused-ring (bicyclic) bond motifs is 4. The Labute approximate surface area is 342 Å². The Morgan fingerprint density at radius 1 is 1.02 bits per heavy atom. The molecule has 1 aromatic rings. The molecule has 1 saturated carbocycles. The fourth-order valence-corrected chi connectivity index (χ4v) is 8.60. The summed E-state index contributed by atoms with van der Waals surface area (Å²) in [5, 5.41) is 26.3. The lowest BCUT2D eigenvalue weighted by Gasteiger charge is -2.48. The monoisotopic (exact) mass is 815 g/mol. The summed E-state index contributed by atoms with van der Waals surface area (Å²) in [5.41, 5.74) is -0.489. The number of unbranched alkanes of at least 4 members (excludes halogenated alkanes) is 4. The van der Waals surface area contributed by atoms with Crippen molar-refractivity contribution in [2.24, 2.45) is 5.41 Å². The molecule has 3 saturated heterocycles. The fourth-order valence-electron chi connectivity index (χ4n) is 8.60. The van der Waals surface area contributed by atoms with Gasteiger partial charge in [-0.15, -0.1) is 0 Å². The van der Waals surface area contributed by atoms with E-state index in [9.17, 15) is 24.3 Å². The third kappa shape index (κ3) is 11.0. The van der Waals surface area contributed by atoms with Crippen LogP contribution in [0.5, 0.6) is 0 Å². The number of nitrogens with one attached hydrogen (secondary N) is 2. The van der Waals surface area contributed by atoms with E-state index in [1.54, 1.807) is 26.8 Å². The molecule has 4 N–H and O–H groups in total. The lowest BCUT2D eigenvalue weighted by atomic mass is 9.62. The van der Waals surface area contributed by atoms with Crippen LogP contribution in [0.3, 0.4) is 0 Å². The van der Waals surface area contributed by atoms with E-state index in [0.29, 0.717) is 12.8 Å². The van der Waals surface area contributed by atoms with Gasteiger partial charge < -0.3 is 44.5 Å². The Bertz CT molecular complexity index is 1570. The average Bonchev–Trinajstić information content (AvgIpc) is 3.73. The van der Waals surface area contributed by atoms with Crippen LogP contribution in [0.4, 0.5) is 0 Å². The van der Waals surface area contributed by atoms with Crippen LogP contribution in [0, 0.1) is 5.41 Å². The zero-order chi connectivity index (χ0) is 41.9. The van der Waals surface area contributed by atoms with Crippen LogP contribution in [0.1, 0.15) is 123 Å². The molecular weight excluding hydrogens is 750 g/mol. The number of ether oxygens (including phenoxy) is 5. The second-order valence-corrected chi connectivity index (χ2v) is 16.9. The fraction of sp³-hybridized carbons (Fsp3) is 0.721. The highest BCUT2D eigenvalue weighted by Gasteiger charge is 2.76. The second kappa shape index (κ2) is 20.6. The molecule has 5 rings (SSSR count). The van der Waals surface area contributed by atoms with Crippen molar-refractivity contribution in [2.75, 3.05) is 26.4 Å². The van der Waals surface area contributed by atoms with Crippen LogP contribution < -0.4 is 10.6 Å². The van der Waals surface area contributed by atoms with Crippen molar-refractivity contribution in [1.82, 2.24) is 15.7 Å². The van der Waals surface area contributed by atoms with Crippen molar-refractivity contribution < 1.29 is 57.9 Å². The Morgan fingerprint density at radius 2 is 1.72 bits per heavy atom. The molecule has 2 bridgehead atoms. The normalized spacial score (nSPS) is 26.5. The quantitative estimate of drug-likeness (QED) is 0.0699. The van der Waals surface area contributed by atoms with E-state index in [1.165, 1.54) is 11.3 Å². The first-order chi connectivity index (χ1) is 27.8. The first kappa shape index (κ1) is 45.5. The van der Waals surface area contributed by atoms with E-state index in [4.69, 9.17) is 33.6 Å². The number of carbonyl (C=O) groups excluding carboxylic acids is 4. The molecule has 58 heavy (non-hydrogen) atoms. The molecule has 3 aliphatic heterocycles. The minimum Gasteiger partial charge on any atom is -0.499 e. The van der Waals surface area contributed by atoms with Crippen LogP contribution in [-0.4, -0.2) is 113 Å². The summed E-state index contributed by atoms with van der Waals surface area (Å²) in [6.07, 6.45) is 7.67. The Kier molecular flexibility index (Phi) is 16.1. The van der Waals surface area contributed by atoms with Crippen LogP contribution in [0.25, 0.3) is 6.08 Å². The zero-order valence-electron chi connectivity index (χ0n) is 34.9. The van der Waals surface area contributed by atoms with Gasteiger partial charge in [0.1, 0.15) is 42.0 Å². The van der Waals surface area contributed by atoms with Crippen molar-refractivity contribution in [1.29, 1.82) is 0 Å². The molecule has 4 fully saturated rings. The van der Waals surface area contributed by atoms with Crippen LogP contribution >= 0.6 is 0 Å². The first-order valence-corrected chi connectivity index (χ1v) is 21.2. The summed E-state index contributed by atoms with van der Waals surface area (Å²) >= 11 is 0. The molecule has 324 valence electrons. The van der Waals surface area contributed by atoms with Gasteiger partial charge in [0.15, 0.2) is 11.8 Å². The van der Waals surface area contributed by atoms with Gasteiger partial charge in [0.2, 0.25) is 11.8 Å². The smallest absolute Gasteiger partial charge is 0.327 e. The van der Waals surface area contributed by atoms with Gasteiger partial charge in [-0.1, -0.05) is 63.8 Å². The molecule has 2 amide bonds. The lowest BCUT2D eigenvalue weighted by Crippen LogP contribution is -2.69. The third-order valence-corrected chi connectivity index (χ3v) is 11.3. The number of esters is 2. The number of nitrogens with zero attached hydrogens (tertiary/aromatic N) is 1. The van der Waals surface area contributed by atoms with E-state index < -0.39 is 77.1 Å². The van der Waals surface area contributed by atoms with Crippen molar-refractivity contribution in [2.45, 2.75) is 166 Å². The number of hydrogen-bond donors (Lipinski definition) is 4. The van der Waals surface area contributed by atoms with Gasteiger partial charge in [-0.05, 0) is 57.2 Å². The molecular formula is C43H65N3O12. The molecule has 0 aromatic heterocycles. The average molecular weight is 816 g/mol. The van der Waals surface area contributed by atoms with Gasteiger partial charge in [-0.25, -0.2) is 0 Å². The third-order valence-electron chi connectivity index (χ3n) is 11.3. The maximum absolute atomic E-state index is 14.7. The summed E-state index contributed by atoms with van der Waals surface area (Å²) < 4.78 is 30.7. The standard InChI is InChI=1S/C43H65N3O12/c1-6-8-12-20-42(21-13-9-7-2)56-35-32-26-43(40(52)44-22-18-33(49)45-31(28-48)16-17-34(50)55-41(3,4)5)37(39(51)54-32)46(58-38(43)36(35)57-42)27-30-15-11-10-14-29(30)19-24-53-25-23-47/h10-11,14-15,19,24,31-32,35-38,47-48H,6-9,12-13,16-18,20-23,25-28H2,1-5H3,(H,44,52)(H,45,49)/t31-,32+,35-,36-,37+,38+,43+/m0/s1. The van der Waals surface area contributed by atoms with Gasteiger partial charge >= 0.3 is 11.9 Å². The maximum atomic E-state index is 14.7. The van der Waals surface area contributed by atoms with Crippen molar-refractivity contribution in [3.05, 3.63) is 41.7 Å². The number of aliphatic hydroxyl groups is 2. The summed E-state index contributed by atoms with van der Waals surface area (Å²) in [6.45, 7) is 9.30. The number of hydroxylamine groups is 2. The molecule has 15 heteroatoms. The van der Waals surface area contributed by atoms with Gasteiger partial charge in [0.25, 0.3) is 0 Å².